The second-order valence-electron chi connectivity index (χ2n) is 8.81. The summed E-state index contributed by atoms with van der Waals surface area (Å²) in [5, 5.41) is 7.29. The molecule has 0 fully saturated rings. The normalized spacial score (nSPS) is 10.9. The third kappa shape index (κ3) is 6.36. The van der Waals surface area contributed by atoms with E-state index in [2.05, 4.69) is 10.2 Å². The highest BCUT2D eigenvalue weighted by atomic mass is 32.2. The van der Waals surface area contributed by atoms with Gasteiger partial charge in [-0.15, -0.1) is 0 Å². The largest absolute Gasteiger partial charge is 0.419 e. The van der Waals surface area contributed by atoms with E-state index in [1.807, 2.05) is 50.2 Å². The Bertz CT molecular complexity index is 1660. The Balaban J connectivity index is 1.43. The minimum absolute atomic E-state index is 0.106. The topological polar surface area (TPSA) is 93.6 Å². The van der Waals surface area contributed by atoms with Crippen LogP contribution in [0, 0.1) is 13.8 Å². The third-order valence-corrected chi connectivity index (χ3v) is 7.25. The molecule has 8 heteroatoms. The molecule has 0 spiro atoms. The predicted molar refractivity (Wildman–Crippen MR) is 155 cm³/mol. The smallest absolute Gasteiger partial charge is 0.343 e. The van der Waals surface area contributed by atoms with Crippen molar-refractivity contribution in [3.05, 3.63) is 131 Å². The summed E-state index contributed by atoms with van der Waals surface area (Å²) < 4.78 is 11.3. The van der Waals surface area contributed by atoms with E-state index >= 15 is 0 Å². The Labute approximate surface area is 235 Å². The summed E-state index contributed by atoms with van der Waals surface area (Å²) in [6.07, 6.45) is 1.68. The number of esters is 2. The lowest BCUT2D eigenvalue weighted by Gasteiger charge is -2.12. The van der Waals surface area contributed by atoms with Crippen molar-refractivity contribution < 1.29 is 19.1 Å². The molecular weight excluding hydrogens is 522 g/mol. The number of benzene rings is 4. The highest BCUT2D eigenvalue weighted by Crippen LogP contribution is 2.37. The first kappa shape index (κ1) is 26.6. The first-order valence-corrected chi connectivity index (χ1v) is 13.3. The summed E-state index contributed by atoms with van der Waals surface area (Å²) in [4.78, 5) is 32.3. The predicted octanol–water partition coefficient (Wildman–Crippen LogP) is 7.37. The molecule has 40 heavy (non-hydrogen) atoms. The van der Waals surface area contributed by atoms with E-state index in [0.717, 1.165) is 26.9 Å². The van der Waals surface area contributed by atoms with Crippen molar-refractivity contribution >= 4 is 35.6 Å². The van der Waals surface area contributed by atoms with Crippen LogP contribution in [0.1, 0.15) is 37.7 Å². The maximum Gasteiger partial charge on any atom is 0.343 e. The summed E-state index contributed by atoms with van der Waals surface area (Å²) in [6, 6.07) is 30.0. The lowest BCUT2D eigenvalue weighted by molar-refractivity contribution is 0.0682. The van der Waals surface area contributed by atoms with Gasteiger partial charge in [0.2, 0.25) is 0 Å². The zero-order chi connectivity index (χ0) is 27.9. The minimum atomic E-state index is -0.570. The molecule has 0 saturated carbocycles. The summed E-state index contributed by atoms with van der Waals surface area (Å²) in [5.74, 6) is -0.902. The number of carbonyl (C=O) groups is 2. The molecule has 0 radical (unpaired) electrons. The molecule has 0 aliphatic rings. The van der Waals surface area contributed by atoms with Gasteiger partial charge in [-0.2, -0.15) is 5.10 Å². The van der Waals surface area contributed by atoms with Crippen molar-refractivity contribution in [2.75, 3.05) is 0 Å². The maximum atomic E-state index is 12.9. The fraction of sp³-hybridized carbons (Fsp3) is 0.0625. The Morgan fingerprint density at radius 3 is 2.00 bits per heavy atom. The van der Waals surface area contributed by atoms with E-state index in [1.54, 1.807) is 84.7 Å². The number of nitrogens with zero attached hydrogens (tertiary/aromatic N) is 2. The molecule has 0 amide bonds. The minimum Gasteiger partial charge on any atom is -0.419 e. The quantitative estimate of drug-likeness (QED) is 0.124. The number of nitrogens with one attached hydrogen (secondary N) is 1. The van der Waals surface area contributed by atoms with Crippen molar-refractivity contribution in [3.63, 3.8) is 0 Å². The molecule has 1 N–H and O–H groups in total. The van der Waals surface area contributed by atoms with Crippen molar-refractivity contribution in [2.24, 2.45) is 4.99 Å². The van der Waals surface area contributed by atoms with Gasteiger partial charge >= 0.3 is 11.9 Å². The van der Waals surface area contributed by atoms with Crippen LogP contribution >= 0.6 is 11.8 Å². The Hall–Kier alpha value is -4.95. The second-order valence-corrected chi connectivity index (χ2v) is 9.86. The lowest BCUT2D eigenvalue weighted by atomic mass is 10.2. The van der Waals surface area contributed by atoms with Crippen LogP contribution in [0.5, 0.6) is 11.5 Å². The number of ether oxygens (including phenoxy) is 2. The van der Waals surface area contributed by atoms with Gasteiger partial charge in [0.05, 0.1) is 27.4 Å². The fourth-order valence-corrected chi connectivity index (χ4v) is 4.81. The van der Waals surface area contributed by atoms with E-state index in [0.29, 0.717) is 16.7 Å². The molecule has 4 aromatic carbocycles. The average molecular weight is 548 g/mol. The van der Waals surface area contributed by atoms with Crippen molar-refractivity contribution in [3.8, 4) is 11.5 Å². The van der Waals surface area contributed by atoms with Gasteiger partial charge in [-0.3, -0.25) is 10.1 Å². The van der Waals surface area contributed by atoms with Gasteiger partial charge in [-0.1, -0.05) is 60.3 Å². The standard InChI is InChI=1S/C32H25N3O4S/c1-21-30(22(2)35-34-21)40-29-16-10-9-15-26(29)33-20-23-17-18-27(38-31(36)24-11-5-3-6-12-24)28(19-23)39-32(37)25-13-7-4-8-14-25/h3-20H,1-2H3,(H,34,35). The number of aromatic nitrogens is 2. The molecule has 7 nitrogen and oxygen atoms in total. The zero-order valence-electron chi connectivity index (χ0n) is 21.8. The van der Waals surface area contributed by atoms with E-state index in [1.165, 1.54) is 0 Å². The Morgan fingerprint density at radius 1 is 0.775 bits per heavy atom. The van der Waals surface area contributed by atoms with Crippen LogP contribution in [-0.4, -0.2) is 28.4 Å². The van der Waals surface area contributed by atoms with E-state index in [9.17, 15) is 9.59 Å². The first-order valence-electron chi connectivity index (χ1n) is 12.5. The fourth-order valence-electron chi connectivity index (χ4n) is 3.83. The number of H-pyrrole nitrogens is 1. The average Bonchev–Trinajstić information content (AvgIpc) is 3.30. The monoisotopic (exact) mass is 547 g/mol. The molecule has 0 atom stereocenters. The third-order valence-electron chi connectivity index (χ3n) is 5.88. The number of carbonyl (C=O) groups excluding carboxylic acids is 2. The van der Waals surface area contributed by atoms with E-state index in [4.69, 9.17) is 14.5 Å². The van der Waals surface area contributed by atoms with Crippen molar-refractivity contribution in [1.82, 2.24) is 10.2 Å². The molecule has 0 saturated heterocycles. The van der Waals surface area contributed by atoms with Crippen LogP contribution in [-0.2, 0) is 0 Å². The summed E-state index contributed by atoms with van der Waals surface area (Å²) in [7, 11) is 0. The molecule has 0 unspecified atom stereocenters. The summed E-state index contributed by atoms with van der Waals surface area (Å²) in [6.45, 7) is 3.95. The van der Waals surface area contributed by atoms with Gasteiger partial charge in [0.15, 0.2) is 11.5 Å². The first-order chi connectivity index (χ1) is 19.5. The van der Waals surface area contributed by atoms with Crippen LogP contribution in [0.15, 0.2) is 118 Å². The van der Waals surface area contributed by atoms with E-state index in [-0.39, 0.29) is 11.5 Å². The highest BCUT2D eigenvalue weighted by Gasteiger charge is 2.17. The molecule has 5 aromatic rings. The van der Waals surface area contributed by atoms with Crippen LogP contribution < -0.4 is 9.47 Å². The highest BCUT2D eigenvalue weighted by molar-refractivity contribution is 7.99. The summed E-state index contributed by atoms with van der Waals surface area (Å²) in [5.41, 5.74) is 4.10. The summed E-state index contributed by atoms with van der Waals surface area (Å²) >= 11 is 1.59. The molecule has 5 rings (SSSR count). The number of hydrogen-bond donors (Lipinski definition) is 1. The molecule has 0 aliphatic carbocycles. The SMILES string of the molecule is Cc1n[nH]c(C)c1Sc1ccccc1N=Cc1ccc(OC(=O)c2ccccc2)c(OC(=O)c2ccccc2)c1. The van der Waals surface area contributed by atoms with Gasteiger partial charge in [0, 0.05) is 16.8 Å². The molecular formula is C32H25N3O4S. The van der Waals surface area contributed by atoms with Crippen molar-refractivity contribution in [2.45, 2.75) is 23.6 Å². The van der Waals surface area contributed by atoms with Crippen molar-refractivity contribution in [1.29, 1.82) is 0 Å². The van der Waals surface area contributed by atoms with Gasteiger partial charge in [-0.25, -0.2) is 9.59 Å². The van der Waals surface area contributed by atoms with Crippen LogP contribution in [0.2, 0.25) is 0 Å². The maximum absolute atomic E-state index is 12.9. The van der Waals surface area contributed by atoms with Gasteiger partial charge in [-0.05, 0) is 74.0 Å². The van der Waals surface area contributed by atoms with Crippen LogP contribution in [0.4, 0.5) is 5.69 Å². The Kier molecular flexibility index (Phi) is 8.18. The van der Waals surface area contributed by atoms with Crippen LogP contribution in [0.25, 0.3) is 0 Å². The molecule has 0 aliphatic heterocycles. The number of aryl methyl sites for hydroxylation is 2. The zero-order valence-corrected chi connectivity index (χ0v) is 22.6. The molecule has 0 bridgehead atoms. The number of aliphatic imine (C=N–C) groups is 1. The van der Waals surface area contributed by atoms with Gasteiger partial charge in [0.1, 0.15) is 0 Å². The number of para-hydroxylation sites is 1. The van der Waals surface area contributed by atoms with Gasteiger partial charge in [0.25, 0.3) is 0 Å². The van der Waals surface area contributed by atoms with Crippen LogP contribution in [0.3, 0.4) is 0 Å². The lowest BCUT2D eigenvalue weighted by Crippen LogP contribution is -2.12. The Morgan fingerprint density at radius 2 is 1.38 bits per heavy atom. The number of aromatic amines is 1. The second kappa shape index (κ2) is 12.3. The molecule has 1 aromatic heterocycles. The number of hydrogen-bond acceptors (Lipinski definition) is 7. The number of rotatable bonds is 8. The van der Waals surface area contributed by atoms with E-state index < -0.39 is 11.9 Å². The molecule has 198 valence electrons. The van der Waals surface area contributed by atoms with Gasteiger partial charge < -0.3 is 9.47 Å². The molecule has 1 heterocycles.